The summed E-state index contributed by atoms with van der Waals surface area (Å²) in [5.41, 5.74) is 4.95. The van der Waals surface area contributed by atoms with Crippen LogP contribution in [0.3, 0.4) is 0 Å². The Hall–Kier alpha value is -2.13. The number of benzene rings is 1. The highest BCUT2D eigenvalue weighted by Crippen LogP contribution is 2.20. The molecule has 20 heavy (non-hydrogen) atoms. The SMILES string of the molecule is CNCc1cn(Cc2cccc(C)c2)c2ncccc12. The predicted octanol–water partition coefficient (Wildman–Crippen LogP) is 3.11. The lowest BCUT2D eigenvalue weighted by Gasteiger charge is -2.05. The average Bonchev–Trinajstić information content (AvgIpc) is 2.78. The highest BCUT2D eigenvalue weighted by atomic mass is 15.0. The number of rotatable bonds is 4. The third-order valence-electron chi connectivity index (χ3n) is 3.52. The van der Waals surface area contributed by atoms with Crippen LogP contribution in [0.1, 0.15) is 16.7 Å². The Morgan fingerprint density at radius 1 is 1.20 bits per heavy atom. The highest BCUT2D eigenvalue weighted by Gasteiger charge is 2.08. The standard InChI is InChI=1S/C17H19N3/c1-13-5-3-6-14(9-13)11-20-12-15(10-18-2)16-7-4-8-19-17(16)20/h3-9,12,18H,10-11H2,1-2H3. The molecule has 0 aliphatic rings. The molecule has 0 spiro atoms. The molecule has 2 heterocycles. The summed E-state index contributed by atoms with van der Waals surface area (Å²) in [5, 5.41) is 4.45. The zero-order valence-corrected chi connectivity index (χ0v) is 11.9. The second kappa shape index (κ2) is 5.47. The Morgan fingerprint density at radius 3 is 2.90 bits per heavy atom. The number of aryl methyl sites for hydroxylation is 1. The van der Waals surface area contributed by atoms with Gasteiger partial charge in [-0.15, -0.1) is 0 Å². The highest BCUT2D eigenvalue weighted by molar-refractivity contribution is 5.80. The van der Waals surface area contributed by atoms with E-state index in [-0.39, 0.29) is 0 Å². The fourth-order valence-corrected chi connectivity index (χ4v) is 2.65. The topological polar surface area (TPSA) is 29.9 Å². The number of hydrogen-bond acceptors (Lipinski definition) is 2. The second-order valence-corrected chi connectivity index (χ2v) is 5.18. The molecular formula is C17H19N3. The maximum absolute atomic E-state index is 4.54. The molecule has 0 radical (unpaired) electrons. The van der Waals surface area contributed by atoms with Crippen molar-refractivity contribution in [3.8, 4) is 0 Å². The molecule has 1 aromatic carbocycles. The first-order valence-corrected chi connectivity index (χ1v) is 6.91. The normalized spacial score (nSPS) is 11.1. The van der Waals surface area contributed by atoms with Gasteiger partial charge < -0.3 is 9.88 Å². The van der Waals surface area contributed by atoms with Crippen LogP contribution in [0.2, 0.25) is 0 Å². The average molecular weight is 265 g/mol. The van der Waals surface area contributed by atoms with Gasteiger partial charge in [0.2, 0.25) is 0 Å². The van der Waals surface area contributed by atoms with Crippen LogP contribution in [0.4, 0.5) is 0 Å². The summed E-state index contributed by atoms with van der Waals surface area (Å²) in [7, 11) is 1.97. The minimum atomic E-state index is 0.860. The van der Waals surface area contributed by atoms with Crippen molar-refractivity contribution >= 4 is 11.0 Å². The fourth-order valence-electron chi connectivity index (χ4n) is 2.65. The van der Waals surface area contributed by atoms with E-state index < -0.39 is 0 Å². The van der Waals surface area contributed by atoms with Crippen molar-refractivity contribution in [2.45, 2.75) is 20.0 Å². The van der Waals surface area contributed by atoms with E-state index in [1.807, 2.05) is 19.3 Å². The predicted molar refractivity (Wildman–Crippen MR) is 82.8 cm³/mol. The number of fused-ring (bicyclic) bond motifs is 1. The molecule has 0 amide bonds. The summed E-state index contributed by atoms with van der Waals surface area (Å²) in [6.45, 7) is 3.85. The van der Waals surface area contributed by atoms with Crippen molar-refractivity contribution in [3.05, 3.63) is 65.5 Å². The van der Waals surface area contributed by atoms with Crippen molar-refractivity contribution in [2.24, 2.45) is 0 Å². The summed E-state index contributed by atoms with van der Waals surface area (Å²) in [6.07, 6.45) is 4.06. The number of hydrogen-bond donors (Lipinski definition) is 1. The third kappa shape index (κ3) is 2.45. The van der Waals surface area contributed by atoms with Crippen LogP contribution in [-0.2, 0) is 13.1 Å². The van der Waals surface area contributed by atoms with Crippen molar-refractivity contribution in [1.82, 2.24) is 14.9 Å². The first-order chi connectivity index (χ1) is 9.78. The van der Waals surface area contributed by atoms with Crippen LogP contribution in [0.5, 0.6) is 0 Å². The van der Waals surface area contributed by atoms with Gasteiger partial charge in [0.15, 0.2) is 0 Å². The Labute approximate surface area is 119 Å². The first-order valence-electron chi connectivity index (χ1n) is 6.91. The van der Waals surface area contributed by atoms with E-state index in [0.29, 0.717) is 0 Å². The van der Waals surface area contributed by atoms with E-state index in [2.05, 4.69) is 58.3 Å². The van der Waals surface area contributed by atoms with Crippen LogP contribution in [0, 0.1) is 6.92 Å². The fraction of sp³-hybridized carbons (Fsp3) is 0.235. The molecule has 3 heteroatoms. The van der Waals surface area contributed by atoms with E-state index in [1.54, 1.807) is 0 Å². The molecule has 3 nitrogen and oxygen atoms in total. The van der Waals surface area contributed by atoms with Gasteiger partial charge >= 0.3 is 0 Å². The smallest absolute Gasteiger partial charge is 0.140 e. The molecule has 0 saturated heterocycles. The lowest BCUT2D eigenvalue weighted by atomic mass is 10.1. The summed E-state index contributed by atoms with van der Waals surface area (Å²) in [6, 6.07) is 12.8. The summed E-state index contributed by atoms with van der Waals surface area (Å²) in [4.78, 5) is 4.54. The van der Waals surface area contributed by atoms with Gasteiger partial charge in [-0.1, -0.05) is 29.8 Å². The Balaban J connectivity index is 2.03. The molecule has 102 valence electrons. The molecule has 3 aromatic rings. The number of nitrogens with one attached hydrogen (secondary N) is 1. The van der Waals surface area contributed by atoms with E-state index in [4.69, 9.17) is 0 Å². The van der Waals surface area contributed by atoms with Crippen molar-refractivity contribution < 1.29 is 0 Å². The summed E-state index contributed by atoms with van der Waals surface area (Å²) in [5.74, 6) is 0. The molecule has 0 saturated carbocycles. The van der Waals surface area contributed by atoms with Crippen LogP contribution in [0.15, 0.2) is 48.8 Å². The van der Waals surface area contributed by atoms with Crippen molar-refractivity contribution in [3.63, 3.8) is 0 Å². The Bertz CT molecular complexity index is 728. The molecule has 0 aliphatic heterocycles. The number of pyridine rings is 1. The van der Waals surface area contributed by atoms with Crippen LogP contribution in [-0.4, -0.2) is 16.6 Å². The van der Waals surface area contributed by atoms with Gasteiger partial charge in [-0.05, 0) is 37.2 Å². The molecule has 2 aromatic heterocycles. The number of nitrogens with zero attached hydrogens (tertiary/aromatic N) is 2. The lowest BCUT2D eigenvalue weighted by Crippen LogP contribution is -2.04. The van der Waals surface area contributed by atoms with Crippen molar-refractivity contribution in [1.29, 1.82) is 0 Å². The van der Waals surface area contributed by atoms with Gasteiger partial charge in [0.1, 0.15) is 5.65 Å². The van der Waals surface area contributed by atoms with Gasteiger partial charge in [0, 0.05) is 30.9 Å². The maximum atomic E-state index is 4.54. The van der Waals surface area contributed by atoms with Crippen LogP contribution >= 0.6 is 0 Å². The molecule has 0 aliphatic carbocycles. The Kier molecular flexibility index (Phi) is 3.52. The quantitative estimate of drug-likeness (QED) is 0.785. The molecule has 3 rings (SSSR count). The monoisotopic (exact) mass is 265 g/mol. The lowest BCUT2D eigenvalue weighted by molar-refractivity contribution is 0.791. The van der Waals surface area contributed by atoms with Gasteiger partial charge in [0.05, 0.1) is 0 Å². The van der Waals surface area contributed by atoms with E-state index in [0.717, 1.165) is 18.7 Å². The zero-order chi connectivity index (χ0) is 13.9. The van der Waals surface area contributed by atoms with Gasteiger partial charge in [-0.3, -0.25) is 0 Å². The summed E-state index contributed by atoms with van der Waals surface area (Å²) >= 11 is 0. The van der Waals surface area contributed by atoms with Crippen LogP contribution in [0.25, 0.3) is 11.0 Å². The van der Waals surface area contributed by atoms with Gasteiger partial charge in [-0.25, -0.2) is 4.98 Å². The minimum absolute atomic E-state index is 0.860. The molecule has 1 N–H and O–H groups in total. The molecular weight excluding hydrogens is 246 g/mol. The molecule has 0 unspecified atom stereocenters. The van der Waals surface area contributed by atoms with Crippen LogP contribution < -0.4 is 5.32 Å². The summed E-state index contributed by atoms with van der Waals surface area (Å²) < 4.78 is 2.23. The maximum Gasteiger partial charge on any atom is 0.140 e. The first kappa shape index (κ1) is 12.9. The largest absolute Gasteiger partial charge is 0.328 e. The molecule has 0 atom stereocenters. The Morgan fingerprint density at radius 2 is 2.10 bits per heavy atom. The second-order valence-electron chi connectivity index (χ2n) is 5.18. The van der Waals surface area contributed by atoms with E-state index in [1.165, 1.54) is 22.1 Å². The molecule has 0 fully saturated rings. The van der Waals surface area contributed by atoms with Gasteiger partial charge in [-0.2, -0.15) is 0 Å². The third-order valence-corrected chi connectivity index (χ3v) is 3.52. The van der Waals surface area contributed by atoms with Gasteiger partial charge in [0.25, 0.3) is 0 Å². The zero-order valence-electron chi connectivity index (χ0n) is 11.9. The van der Waals surface area contributed by atoms with E-state index in [9.17, 15) is 0 Å². The molecule has 0 bridgehead atoms. The van der Waals surface area contributed by atoms with Crippen molar-refractivity contribution in [2.75, 3.05) is 7.05 Å². The minimum Gasteiger partial charge on any atom is -0.328 e. The van der Waals surface area contributed by atoms with E-state index >= 15 is 0 Å². The number of aromatic nitrogens is 2.